The van der Waals surface area contributed by atoms with E-state index < -0.39 is 0 Å². The summed E-state index contributed by atoms with van der Waals surface area (Å²) in [6.45, 7) is 8.89. The Morgan fingerprint density at radius 2 is 1.62 bits per heavy atom. The molecule has 0 radical (unpaired) electrons. The number of anilines is 1. The molecule has 2 aromatic rings. The number of benzene rings is 2. The maximum Gasteiger partial charge on any atom is 0.238 e. The minimum Gasteiger partial charge on any atom is -0.325 e. The van der Waals surface area contributed by atoms with Crippen LogP contribution in [-0.2, 0) is 11.3 Å². The molecule has 0 bridgehead atoms. The number of amides is 1. The Labute approximate surface area is 154 Å². The van der Waals surface area contributed by atoms with E-state index >= 15 is 0 Å². The van der Waals surface area contributed by atoms with E-state index in [9.17, 15) is 9.18 Å². The van der Waals surface area contributed by atoms with Gasteiger partial charge in [-0.05, 0) is 54.8 Å². The Morgan fingerprint density at radius 1 is 0.962 bits per heavy atom. The highest BCUT2D eigenvalue weighted by Gasteiger charge is 2.19. The lowest BCUT2D eigenvalue weighted by atomic mass is 10.1. The second kappa shape index (κ2) is 8.43. The minimum absolute atomic E-state index is 0.0280. The fourth-order valence-corrected chi connectivity index (χ4v) is 3.18. The van der Waals surface area contributed by atoms with Crippen molar-refractivity contribution in [2.24, 2.45) is 0 Å². The van der Waals surface area contributed by atoms with Gasteiger partial charge in [-0.25, -0.2) is 4.39 Å². The first kappa shape index (κ1) is 18.5. The van der Waals surface area contributed by atoms with E-state index in [1.165, 1.54) is 23.3 Å². The van der Waals surface area contributed by atoms with Crippen LogP contribution in [0.2, 0.25) is 0 Å². The minimum atomic E-state index is -0.201. The van der Waals surface area contributed by atoms with Crippen molar-refractivity contribution in [3.8, 4) is 0 Å². The van der Waals surface area contributed by atoms with Gasteiger partial charge in [-0.15, -0.1) is 0 Å². The van der Waals surface area contributed by atoms with E-state index in [1.54, 1.807) is 0 Å². The standard InChI is InChI=1S/C21H26FN3O/c1-16-3-8-20(13-17(16)2)23-21(26)15-25-11-9-24(10-12-25)14-18-4-6-19(22)7-5-18/h3-8,13H,9-12,14-15H2,1-2H3,(H,23,26). The van der Waals surface area contributed by atoms with Crippen molar-refractivity contribution in [2.75, 3.05) is 38.0 Å². The lowest BCUT2D eigenvalue weighted by molar-refractivity contribution is -0.117. The topological polar surface area (TPSA) is 35.6 Å². The maximum atomic E-state index is 13.0. The molecule has 2 aromatic carbocycles. The highest BCUT2D eigenvalue weighted by atomic mass is 19.1. The average molecular weight is 355 g/mol. The number of hydrogen-bond donors (Lipinski definition) is 1. The molecule has 1 aliphatic rings. The van der Waals surface area contributed by atoms with Crippen molar-refractivity contribution in [3.63, 3.8) is 0 Å². The van der Waals surface area contributed by atoms with Crippen LogP contribution >= 0.6 is 0 Å². The van der Waals surface area contributed by atoms with Crippen molar-refractivity contribution in [1.82, 2.24) is 9.80 Å². The van der Waals surface area contributed by atoms with Gasteiger partial charge in [0.05, 0.1) is 6.54 Å². The fourth-order valence-electron chi connectivity index (χ4n) is 3.18. The second-order valence-electron chi connectivity index (χ2n) is 7.03. The molecule has 1 saturated heterocycles. The molecule has 0 aromatic heterocycles. The van der Waals surface area contributed by atoms with Crippen LogP contribution in [0.3, 0.4) is 0 Å². The average Bonchev–Trinajstić information content (AvgIpc) is 2.62. The molecule has 1 amide bonds. The van der Waals surface area contributed by atoms with Gasteiger partial charge in [0, 0.05) is 38.4 Å². The second-order valence-corrected chi connectivity index (χ2v) is 7.03. The van der Waals surface area contributed by atoms with E-state index in [4.69, 9.17) is 0 Å². The molecule has 0 aliphatic carbocycles. The molecule has 1 heterocycles. The predicted octanol–water partition coefficient (Wildman–Crippen LogP) is 3.20. The van der Waals surface area contributed by atoms with Crippen molar-refractivity contribution in [2.45, 2.75) is 20.4 Å². The van der Waals surface area contributed by atoms with Crippen LogP contribution in [0, 0.1) is 19.7 Å². The number of piperazine rings is 1. The van der Waals surface area contributed by atoms with Crippen LogP contribution in [0.25, 0.3) is 0 Å². The summed E-state index contributed by atoms with van der Waals surface area (Å²) in [5, 5.41) is 2.98. The number of nitrogens with zero attached hydrogens (tertiary/aromatic N) is 2. The summed E-state index contributed by atoms with van der Waals surface area (Å²) in [5.74, 6) is -0.173. The smallest absolute Gasteiger partial charge is 0.238 e. The van der Waals surface area contributed by atoms with Gasteiger partial charge in [0.25, 0.3) is 0 Å². The molecule has 5 heteroatoms. The normalized spacial score (nSPS) is 15.8. The van der Waals surface area contributed by atoms with Crippen molar-refractivity contribution >= 4 is 11.6 Å². The van der Waals surface area contributed by atoms with E-state index in [0.717, 1.165) is 44.0 Å². The van der Waals surface area contributed by atoms with Crippen LogP contribution in [0.15, 0.2) is 42.5 Å². The molecule has 0 atom stereocenters. The summed E-state index contributed by atoms with van der Waals surface area (Å²) in [7, 11) is 0. The number of hydrogen-bond acceptors (Lipinski definition) is 3. The lowest BCUT2D eigenvalue weighted by Crippen LogP contribution is -2.48. The van der Waals surface area contributed by atoms with Gasteiger partial charge < -0.3 is 5.32 Å². The first-order valence-corrected chi connectivity index (χ1v) is 9.06. The Kier molecular flexibility index (Phi) is 6.01. The van der Waals surface area contributed by atoms with Crippen LogP contribution < -0.4 is 5.32 Å². The SMILES string of the molecule is Cc1ccc(NC(=O)CN2CCN(Cc3ccc(F)cc3)CC2)cc1C. The van der Waals surface area contributed by atoms with E-state index in [-0.39, 0.29) is 11.7 Å². The molecule has 0 unspecified atom stereocenters. The molecule has 0 saturated carbocycles. The maximum absolute atomic E-state index is 13.0. The summed E-state index contributed by atoms with van der Waals surface area (Å²) in [5.41, 5.74) is 4.37. The van der Waals surface area contributed by atoms with Crippen LogP contribution in [0.4, 0.5) is 10.1 Å². The van der Waals surface area contributed by atoms with Crippen LogP contribution in [-0.4, -0.2) is 48.4 Å². The molecule has 3 rings (SSSR count). The van der Waals surface area contributed by atoms with Gasteiger partial charge in [0.15, 0.2) is 0 Å². The molecular weight excluding hydrogens is 329 g/mol. The molecular formula is C21H26FN3O. The van der Waals surface area contributed by atoms with E-state index in [1.807, 2.05) is 37.3 Å². The summed E-state index contributed by atoms with van der Waals surface area (Å²) in [6.07, 6.45) is 0. The Morgan fingerprint density at radius 3 is 2.27 bits per heavy atom. The molecule has 26 heavy (non-hydrogen) atoms. The molecule has 1 aliphatic heterocycles. The van der Waals surface area contributed by atoms with Crippen molar-refractivity contribution < 1.29 is 9.18 Å². The monoisotopic (exact) mass is 355 g/mol. The predicted molar refractivity (Wildman–Crippen MR) is 103 cm³/mol. The zero-order valence-corrected chi connectivity index (χ0v) is 15.5. The first-order chi connectivity index (χ1) is 12.5. The number of carbonyl (C=O) groups is 1. The van der Waals surface area contributed by atoms with Gasteiger partial charge in [0.1, 0.15) is 5.82 Å². The summed E-state index contributed by atoms with van der Waals surface area (Å²) < 4.78 is 13.0. The van der Waals surface area contributed by atoms with Gasteiger partial charge >= 0.3 is 0 Å². The number of aryl methyl sites for hydroxylation is 2. The van der Waals surface area contributed by atoms with E-state index in [0.29, 0.717) is 6.54 Å². The van der Waals surface area contributed by atoms with Crippen LogP contribution in [0.5, 0.6) is 0 Å². The quantitative estimate of drug-likeness (QED) is 0.895. The van der Waals surface area contributed by atoms with E-state index in [2.05, 4.69) is 22.0 Å². The third kappa shape index (κ3) is 5.13. The number of halogens is 1. The largest absolute Gasteiger partial charge is 0.325 e. The Bertz CT molecular complexity index is 752. The van der Waals surface area contributed by atoms with Gasteiger partial charge in [-0.3, -0.25) is 14.6 Å². The highest BCUT2D eigenvalue weighted by molar-refractivity contribution is 5.92. The van der Waals surface area contributed by atoms with Crippen LogP contribution in [0.1, 0.15) is 16.7 Å². The third-order valence-corrected chi connectivity index (χ3v) is 4.94. The molecule has 4 nitrogen and oxygen atoms in total. The summed E-state index contributed by atoms with van der Waals surface area (Å²) in [4.78, 5) is 16.8. The summed E-state index contributed by atoms with van der Waals surface area (Å²) in [6, 6.07) is 12.6. The summed E-state index contributed by atoms with van der Waals surface area (Å²) >= 11 is 0. The van der Waals surface area contributed by atoms with Crippen molar-refractivity contribution in [1.29, 1.82) is 0 Å². The zero-order valence-electron chi connectivity index (χ0n) is 15.5. The fraction of sp³-hybridized carbons (Fsp3) is 0.381. The Balaban J connectivity index is 1.43. The number of carbonyl (C=O) groups excluding carboxylic acids is 1. The lowest BCUT2D eigenvalue weighted by Gasteiger charge is -2.34. The highest BCUT2D eigenvalue weighted by Crippen LogP contribution is 2.14. The van der Waals surface area contributed by atoms with Gasteiger partial charge in [0.2, 0.25) is 5.91 Å². The Hall–Kier alpha value is -2.24. The van der Waals surface area contributed by atoms with Gasteiger partial charge in [-0.1, -0.05) is 18.2 Å². The van der Waals surface area contributed by atoms with Gasteiger partial charge in [-0.2, -0.15) is 0 Å². The number of nitrogens with one attached hydrogen (secondary N) is 1. The third-order valence-electron chi connectivity index (χ3n) is 4.94. The zero-order chi connectivity index (χ0) is 18.5. The molecule has 1 N–H and O–H groups in total. The molecule has 0 spiro atoms. The first-order valence-electron chi connectivity index (χ1n) is 9.06. The molecule has 138 valence electrons. The number of rotatable bonds is 5. The molecule has 1 fully saturated rings. The van der Waals surface area contributed by atoms with Crippen molar-refractivity contribution in [3.05, 3.63) is 65.0 Å².